The summed E-state index contributed by atoms with van der Waals surface area (Å²) in [6, 6.07) is 12.3. The van der Waals surface area contributed by atoms with E-state index in [-0.39, 0.29) is 0 Å². The summed E-state index contributed by atoms with van der Waals surface area (Å²) < 4.78 is 6.97. The number of aryl methyl sites for hydroxylation is 1. The smallest absolute Gasteiger partial charge is 0.137 e. The second-order valence-corrected chi connectivity index (χ2v) is 5.38. The van der Waals surface area contributed by atoms with Crippen LogP contribution >= 0.6 is 15.9 Å². The van der Waals surface area contributed by atoms with Gasteiger partial charge in [0.15, 0.2) is 0 Å². The van der Waals surface area contributed by atoms with Gasteiger partial charge < -0.3 is 4.74 Å². The van der Waals surface area contributed by atoms with Crippen LogP contribution in [0.3, 0.4) is 0 Å². The molecule has 2 heteroatoms. The van der Waals surface area contributed by atoms with Crippen molar-refractivity contribution in [2.75, 3.05) is 0 Å². The topological polar surface area (TPSA) is 9.23 Å². The SMILES string of the molecule is Cc1cc(Br)c(OCc2ccccc2)c(C)c1C. The monoisotopic (exact) mass is 304 g/mol. The normalized spacial score (nSPS) is 10.4. The molecule has 0 radical (unpaired) electrons. The van der Waals surface area contributed by atoms with Gasteiger partial charge in [0.1, 0.15) is 12.4 Å². The Labute approximate surface area is 117 Å². The summed E-state index contributed by atoms with van der Waals surface area (Å²) in [6.07, 6.45) is 0. The zero-order valence-electron chi connectivity index (χ0n) is 11.0. The van der Waals surface area contributed by atoms with Gasteiger partial charge in [-0.15, -0.1) is 0 Å². The summed E-state index contributed by atoms with van der Waals surface area (Å²) in [6.45, 7) is 6.96. The van der Waals surface area contributed by atoms with E-state index < -0.39 is 0 Å². The van der Waals surface area contributed by atoms with Gasteiger partial charge >= 0.3 is 0 Å². The Morgan fingerprint density at radius 1 is 1.00 bits per heavy atom. The van der Waals surface area contributed by atoms with Crippen LogP contribution in [0.25, 0.3) is 0 Å². The molecule has 0 aliphatic rings. The van der Waals surface area contributed by atoms with Crippen molar-refractivity contribution in [1.82, 2.24) is 0 Å². The zero-order valence-corrected chi connectivity index (χ0v) is 12.5. The fourth-order valence-corrected chi connectivity index (χ4v) is 2.67. The molecule has 0 atom stereocenters. The van der Waals surface area contributed by atoms with Gasteiger partial charge in [0.2, 0.25) is 0 Å². The maximum atomic E-state index is 5.94. The van der Waals surface area contributed by atoms with Crippen molar-refractivity contribution in [3.8, 4) is 5.75 Å². The third kappa shape index (κ3) is 2.75. The van der Waals surface area contributed by atoms with Gasteiger partial charge in [-0.2, -0.15) is 0 Å². The molecule has 2 aromatic carbocycles. The van der Waals surface area contributed by atoms with Crippen molar-refractivity contribution >= 4 is 15.9 Å². The Bertz CT molecular complexity index is 547. The molecule has 0 aromatic heterocycles. The van der Waals surface area contributed by atoms with Crippen LogP contribution in [0.4, 0.5) is 0 Å². The molecule has 0 saturated carbocycles. The molecule has 1 nitrogen and oxygen atoms in total. The van der Waals surface area contributed by atoms with E-state index in [0.717, 1.165) is 10.2 Å². The molecular weight excluding hydrogens is 288 g/mol. The molecule has 0 fully saturated rings. The lowest BCUT2D eigenvalue weighted by Crippen LogP contribution is -2.00. The van der Waals surface area contributed by atoms with Crippen LogP contribution < -0.4 is 4.74 Å². The molecule has 0 N–H and O–H groups in total. The molecule has 0 unspecified atom stereocenters. The lowest BCUT2D eigenvalue weighted by atomic mass is 10.0. The molecule has 0 spiro atoms. The van der Waals surface area contributed by atoms with Crippen LogP contribution in [0.2, 0.25) is 0 Å². The van der Waals surface area contributed by atoms with E-state index in [1.807, 2.05) is 18.2 Å². The van der Waals surface area contributed by atoms with E-state index >= 15 is 0 Å². The minimum Gasteiger partial charge on any atom is -0.487 e. The van der Waals surface area contributed by atoms with E-state index in [1.54, 1.807) is 0 Å². The first kappa shape index (κ1) is 13.2. The van der Waals surface area contributed by atoms with E-state index in [0.29, 0.717) is 6.61 Å². The molecule has 0 bridgehead atoms. The molecular formula is C16H17BrO. The van der Waals surface area contributed by atoms with Crippen molar-refractivity contribution in [1.29, 1.82) is 0 Å². The third-order valence-corrected chi connectivity index (χ3v) is 3.87. The summed E-state index contributed by atoms with van der Waals surface area (Å²) in [5.74, 6) is 0.946. The van der Waals surface area contributed by atoms with E-state index in [1.165, 1.54) is 22.3 Å². The van der Waals surface area contributed by atoms with Crippen molar-refractivity contribution in [2.24, 2.45) is 0 Å². The van der Waals surface area contributed by atoms with E-state index in [4.69, 9.17) is 4.74 Å². The zero-order chi connectivity index (χ0) is 13.1. The van der Waals surface area contributed by atoms with Crippen LogP contribution in [0, 0.1) is 20.8 Å². The summed E-state index contributed by atoms with van der Waals surface area (Å²) in [4.78, 5) is 0. The second-order valence-electron chi connectivity index (χ2n) is 4.53. The molecule has 18 heavy (non-hydrogen) atoms. The molecule has 94 valence electrons. The maximum absolute atomic E-state index is 5.94. The average molecular weight is 305 g/mol. The number of halogens is 1. The van der Waals surface area contributed by atoms with Crippen LogP contribution in [-0.4, -0.2) is 0 Å². The average Bonchev–Trinajstić information content (AvgIpc) is 2.37. The van der Waals surface area contributed by atoms with Gasteiger partial charge in [-0.25, -0.2) is 0 Å². The Kier molecular flexibility index (Phi) is 4.07. The first-order chi connectivity index (χ1) is 8.59. The minimum absolute atomic E-state index is 0.600. The third-order valence-electron chi connectivity index (χ3n) is 3.28. The number of hydrogen-bond donors (Lipinski definition) is 0. The molecule has 0 aliphatic carbocycles. The van der Waals surface area contributed by atoms with Crippen molar-refractivity contribution in [3.05, 3.63) is 63.1 Å². The maximum Gasteiger partial charge on any atom is 0.137 e. The Morgan fingerprint density at radius 3 is 2.33 bits per heavy atom. The predicted octanol–water partition coefficient (Wildman–Crippen LogP) is 4.95. The molecule has 0 saturated heterocycles. The number of rotatable bonds is 3. The molecule has 0 amide bonds. The standard InChI is InChI=1S/C16H17BrO/c1-11-9-15(17)16(13(3)12(11)2)18-10-14-7-5-4-6-8-14/h4-9H,10H2,1-3H3. The summed E-state index contributed by atoms with van der Waals surface area (Å²) in [7, 11) is 0. The summed E-state index contributed by atoms with van der Waals surface area (Å²) in [5.41, 5.74) is 4.97. The van der Waals surface area contributed by atoms with Gasteiger partial charge in [-0.1, -0.05) is 30.3 Å². The predicted molar refractivity (Wildman–Crippen MR) is 79.1 cm³/mol. The lowest BCUT2D eigenvalue weighted by molar-refractivity contribution is 0.302. The van der Waals surface area contributed by atoms with E-state index in [2.05, 4.69) is 54.9 Å². The van der Waals surface area contributed by atoms with Crippen LogP contribution in [-0.2, 0) is 6.61 Å². The molecule has 2 aromatic rings. The highest BCUT2D eigenvalue weighted by atomic mass is 79.9. The number of benzene rings is 2. The largest absolute Gasteiger partial charge is 0.487 e. The number of ether oxygens (including phenoxy) is 1. The van der Waals surface area contributed by atoms with Crippen molar-refractivity contribution in [2.45, 2.75) is 27.4 Å². The van der Waals surface area contributed by atoms with Gasteiger partial charge in [-0.05, 0) is 65.0 Å². The highest BCUT2D eigenvalue weighted by molar-refractivity contribution is 9.10. The van der Waals surface area contributed by atoms with Crippen LogP contribution in [0.5, 0.6) is 5.75 Å². The van der Waals surface area contributed by atoms with Crippen molar-refractivity contribution in [3.63, 3.8) is 0 Å². The fourth-order valence-electron chi connectivity index (χ4n) is 1.92. The van der Waals surface area contributed by atoms with Gasteiger partial charge in [-0.3, -0.25) is 0 Å². The quantitative estimate of drug-likeness (QED) is 0.779. The van der Waals surface area contributed by atoms with Crippen LogP contribution in [0.1, 0.15) is 22.3 Å². The number of hydrogen-bond acceptors (Lipinski definition) is 1. The van der Waals surface area contributed by atoms with E-state index in [9.17, 15) is 0 Å². The highest BCUT2D eigenvalue weighted by Crippen LogP contribution is 2.33. The molecule has 2 rings (SSSR count). The second kappa shape index (κ2) is 5.57. The minimum atomic E-state index is 0.600. The summed E-state index contributed by atoms with van der Waals surface area (Å²) in [5, 5.41) is 0. The van der Waals surface area contributed by atoms with Crippen LogP contribution in [0.15, 0.2) is 40.9 Å². The molecule has 0 aliphatic heterocycles. The molecule has 0 heterocycles. The highest BCUT2D eigenvalue weighted by Gasteiger charge is 2.10. The van der Waals surface area contributed by atoms with Crippen molar-refractivity contribution < 1.29 is 4.74 Å². The Hall–Kier alpha value is -1.28. The van der Waals surface area contributed by atoms with Gasteiger partial charge in [0.05, 0.1) is 4.47 Å². The Balaban J connectivity index is 2.22. The lowest BCUT2D eigenvalue weighted by Gasteiger charge is -2.15. The first-order valence-electron chi connectivity index (χ1n) is 6.02. The van der Waals surface area contributed by atoms with Gasteiger partial charge in [0, 0.05) is 0 Å². The summed E-state index contributed by atoms with van der Waals surface area (Å²) >= 11 is 3.58. The Morgan fingerprint density at radius 2 is 1.67 bits per heavy atom. The fraction of sp³-hybridized carbons (Fsp3) is 0.250. The van der Waals surface area contributed by atoms with Gasteiger partial charge in [0.25, 0.3) is 0 Å². The first-order valence-corrected chi connectivity index (χ1v) is 6.82.